The highest BCUT2D eigenvalue weighted by atomic mass is 16.6. The van der Waals surface area contributed by atoms with Crippen molar-refractivity contribution in [1.29, 1.82) is 0 Å². The molecule has 9 rings (SSSR count). The number of nitrogens with zero attached hydrogens (tertiary/aromatic N) is 4. The molecule has 0 radical (unpaired) electrons. The van der Waals surface area contributed by atoms with Gasteiger partial charge in [0.1, 0.15) is 57.6 Å². The number of unbranched alkanes of at least 4 members (excludes halogenated alkanes) is 54. The Morgan fingerprint density at radius 3 is 0.562 bits per heavy atom. The van der Waals surface area contributed by atoms with Crippen LogP contribution in [0.25, 0.3) is 43.1 Å². The monoisotopic (exact) mass is 2000 g/mol. The van der Waals surface area contributed by atoms with E-state index in [9.17, 15) is 0 Å². The summed E-state index contributed by atoms with van der Waals surface area (Å²) in [5, 5.41) is 6.62. The van der Waals surface area contributed by atoms with Gasteiger partial charge >= 0.3 is 0 Å². The SMILES string of the molecule is CCCCCCCCCCCCOc1cc2c3[nH]c(c2cc1OCCCCCCCCCCCC)N=c1[nH]c(c2cc(OCCCCCCCCCCCC)c(OCCCCCCCCCCCC)cc12)=Nc1[nH]c(c2ccc(OCCOCCOCCOCCOCCOCCOCCOCCOC)cc12)N=c1[nH]c(c2cc(OCCCCCCCCCCCC)c(OCCCCCCCCCCCC)cc12)=N3. The van der Waals surface area contributed by atoms with Crippen LogP contribution >= 0.6 is 0 Å². The molecule has 0 spiro atoms. The van der Waals surface area contributed by atoms with Crippen molar-refractivity contribution in [2.75, 3.05) is 152 Å². The zero-order valence-electron chi connectivity index (χ0n) is 91.6. The summed E-state index contributed by atoms with van der Waals surface area (Å²) < 4.78 is 93.9. The normalized spacial score (nSPS) is 12.1. The Morgan fingerprint density at radius 2 is 0.347 bits per heavy atom. The third-order valence-electron chi connectivity index (χ3n) is 27.8. The van der Waals surface area contributed by atoms with Crippen LogP contribution in [0.4, 0.5) is 23.3 Å². The van der Waals surface area contributed by atoms with Gasteiger partial charge in [0.15, 0.2) is 34.5 Å². The first kappa shape index (κ1) is 120. The zero-order chi connectivity index (χ0) is 101. The predicted octanol–water partition coefficient (Wildman–Crippen LogP) is 31.7. The molecule has 1 aliphatic heterocycles. The van der Waals surface area contributed by atoms with Gasteiger partial charge in [-0.3, -0.25) is 0 Å². The van der Waals surface area contributed by atoms with Crippen molar-refractivity contribution in [1.82, 2.24) is 19.9 Å². The van der Waals surface area contributed by atoms with Crippen molar-refractivity contribution in [3.63, 3.8) is 0 Å². The molecular formula is C121H198N8O15. The third-order valence-corrected chi connectivity index (χ3v) is 27.8. The van der Waals surface area contributed by atoms with Gasteiger partial charge in [-0.15, -0.1) is 0 Å². The Labute approximate surface area is 868 Å². The Balaban J connectivity index is 1.12. The van der Waals surface area contributed by atoms with Crippen molar-refractivity contribution in [3.8, 4) is 40.2 Å². The fourth-order valence-electron chi connectivity index (χ4n) is 19.1. The van der Waals surface area contributed by atoms with Gasteiger partial charge in [-0.05, 0) is 93.1 Å². The van der Waals surface area contributed by atoms with Crippen LogP contribution in [0.5, 0.6) is 40.2 Å². The number of ether oxygens (including phenoxy) is 15. The number of benzene rings is 4. The first-order valence-corrected chi connectivity index (χ1v) is 58.9. The van der Waals surface area contributed by atoms with E-state index in [1.807, 2.05) is 6.07 Å². The van der Waals surface area contributed by atoms with Crippen molar-refractivity contribution in [2.45, 2.75) is 427 Å². The second-order valence-corrected chi connectivity index (χ2v) is 40.3. The number of H-pyrrole nitrogens is 4. The molecule has 0 saturated heterocycles. The maximum atomic E-state index is 7.06. The number of aromatic nitrogens is 4. The van der Waals surface area contributed by atoms with Crippen LogP contribution < -0.4 is 55.1 Å². The van der Waals surface area contributed by atoms with E-state index in [1.54, 1.807) is 7.11 Å². The quantitative estimate of drug-likeness (QED) is 0.0259. The molecule has 8 aromatic rings. The van der Waals surface area contributed by atoms with E-state index in [0.717, 1.165) is 120 Å². The molecule has 1 aliphatic rings. The zero-order valence-corrected chi connectivity index (χ0v) is 91.6. The second kappa shape index (κ2) is 79.6. The summed E-state index contributed by atoms with van der Waals surface area (Å²) in [6.07, 6.45) is 74.0. The highest BCUT2D eigenvalue weighted by Gasteiger charge is 2.23. The molecule has 0 aliphatic carbocycles. The van der Waals surface area contributed by atoms with Gasteiger partial charge in [-0.1, -0.05) is 388 Å². The molecule has 0 fully saturated rings. The number of nitrogens with one attached hydrogen (secondary N) is 4. The van der Waals surface area contributed by atoms with E-state index in [2.05, 4.69) is 110 Å². The molecule has 4 aromatic carbocycles. The van der Waals surface area contributed by atoms with Gasteiger partial charge in [0, 0.05) is 50.2 Å². The molecule has 812 valence electrons. The molecule has 144 heavy (non-hydrogen) atoms. The molecule has 0 unspecified atom stereocenters. The third kappa shape index (κ3) is 48.9. The first-order valence-electron chi connectivity index (χ1n) is 58.9. The maximum absolute atomic E-state index is 7.06. The van der Waals surface area contributed by atoms with Gasteiger partial charge in [0.05, 0.1) is 139 Å². The Kier molecular flexibility index (Phi) is 66.4. The number of hydrogen-bond acceptors (Lipinski definition) is 19. The number of hydrogen-bond donors (Lipinski definition) is 4. The van der Waals surface area contributed by atoms with Crippen molar-refractivity contribution in [2.24, 2.45) is 20.0 Å². The molecule has 5 heterocycles. The van der Waals surface area contributed by atoms with E-state index in [4.69, 9.17) is 91.0 Å². The fraction of sp³-hybridized carbons (Fsp3) is 0.736. The van der Waals surface area contributed by atoms with Crippen LogP contribution in [0.15, 0.2) is 74.6 Å². The van der Waals surface area contributed by atoms with E-state index in [-0.39, 0.29) is 0 Å². The Bertz CT molecular complexity index is 4800. The van der Waals surface area contributed by atoms with Crippen molar-refractivity contribution >= 4 is 66.4 Å². The highest BCUT2D eigenvalue weighted by Crippen LogP contribution is 2.44. The largest absolute Gasteiger partial charge is 0.491 e. The van der Waals surface area contributed by atoms with Crippen LogP contribution in [0.1, 0.15) is 427 Å². The number of fused-ring (bicyclic) bond motifs is 20. The average Bonchev–Trinajstić information content (AvgIpc) is 1.59. The number of aromatic amines is 4. The van der Waals surface area contributed by atoms with Crippen LogP contribution in [-0.4, -0.2) is 172 Å². The van der Waals surface area contributed by atoms with Crippen LogP contribution in [0.3, 0.4) is 0 Å². The number of methoxy groups -OCH3 is 1. The van der Waals surface area contributed by atoms with E-state index in [1.165, 1.54) is 308 Å². The van der Waals surface area contributed by atoms with Crippen molar-refractivity contribution in [3.05, 3.63) is 76.5 Å². The van der Waals surface area contributed by atoms with Gasteiger partial charge in [0.25, 0.3) is 0 Å². The van der Waals surface area contributed by atoms with E-state index in [0.29, 0.717) is 231 Å². The van der Waals surface area contributed by atoms with Gasteiger partial charge in [-0.25, -0.2) is 20.0 Å². The van der Waals surface area contributed by atoms with E-state index >= 15 is 0 Å². The molecule has 0 saturated carbocycles. The lowest BCUT2D eigenvalue weighted by atomic mass is 10.1. The molecule has 0 amide bonds. The van der Waals surface area contributed by atoms with Gasteiger partial charge in [-0.2, -0.15) is 0 Å². The minimum atomic E-state index is 0.301. The van der Waals surface area contributed by atoms with E-state index < -0.39 is 0 Å². The molecule has 4 aromatic heterocycles. The average molecular weight is 2000 g/mol. The fourth-order valence-corrected chi connectivity index (χ4v) is 19.1. The van der Waals surface area contributed by atoms with Crippen molar-refractivity contribution < 1.29 is 71.1 Å². The van der Waals surface area contributed by atoms with Crippen LogP contribution in [0.2, 0.25) is 0 Å². The highest BCUT2D eigenvalue weighted by molar-refractivity contribution is 6.03. The molecule has 0 atom stereocenters. The molecule has 23 nitrogen and oxygen atoms in total. The first-order chi connectivity index (χ1) is 71.4. The van der Waals surface area contributed by atoms with Crippen LogP contribution in [-0.2, 0) is 37.9 Å². The van der Waals surface area contributed by atoms with Gasteiger partial charge in [0.2, 0.25) is 0 Å². The summed E-state index contributed by atoms with van der Waals surface area (Å²) in [7, 11) is 1.66. The molecule has 8 bridgehead atoms. The second-order valence-electron chi connectivity index (χ2n) is 40.3. The molecule has 23 heteroatoms. The minimum Gasteiger partial charge on any atom is -0.491 e. The molecule has 4 N–H and O–H groups in total. The Morgan fingerprint density at radius 1 is 0.167 bits per heavy atom. The smallest absolute Gasteiger partial charge is 0.161 e. The topological polar surface area (TPSA) is 251 Å². The summed E-state index contributed by atoms with van der Waals surface area (Å²) in [5.41, 5.74) is 2.35. The lowest BCUT2D eigenvalue weighted by Gasteiger charge is -2.14. The summed E-state index contributed by atoms with van der Waals surface area (Å²) in [4.78, 5) is 38.5. The lowest BCUT2D eigenvalue weighted by Crippen LogP contribution is -2.15. The lowest BCUT2D eigenvalue weighted by molar-refractivity contribution is -0.0227. The molecular weight excluding hydrogens is 1810 g/mol. The summed E-state index contributed by atoms with van der Waals surface area (Å²) in [6.45, 7) is 24.6. The summed E-state index contributed by atoms with van der Waals surface area (Å²) >= 11 is 0. The predicted molar refractivity (Wildman–Crippen MR) is 594 cm³/mol. The summed E-state index contributed by atoms with van der Waals surface area (Å²) in [5.74, 6) is 7.15. The minimum absolute atomic E-state index is 0.301. The van der Waals surface area contributed by atoms with Gasteiger partial charge < -0.3 is 91.0 Å². The summed E-state index contributed by atoms with van der Waals surface area (Å²) in [6, 6.07) is 19.0. The maximum Gasteiger partial charge on any atom is 0.161 e. The number of rotatable bonds is 97. The standard InChI is InChI=1S/C121H198N8O15/c1-8-14-20-26-32-38-44-50-56-62-70-139-108-93-102-103(94-109(108)140-71-63-57-51-45-39-33-27-21-15-9-2)118-125-116(102)123-114-100-69-68-99(138-91-90-137-89-88-136-87-86-135-85-84-134-83-82-133-81-80-132-79-78-131-77-76-130-7)92-101(100)115(122-114)124-117-104-95-110(141-72-64-58-52-46-40-34-28-22-16-10-3)111(142-73-65-59-53-47-41-35-29-23-17-11-4)96-105(104)119(126-117)128-121-107-98-113(144-75-67-61-55-49-43-37-31-25-19-13-6)112(97-106(107)120(127-118)129-121)143-74-66-60-54-48-42-36-30-24-18-12-5/h68-69,92-98H,8-67,70-91H2,1-7H3,(H4,122,123,124,125,126,127,128,129). The van der Waals surface area contributed by atoms with Crippen LogP contribution in [0, 0.1) is 0 Å². The Hall–Kier alpha value is -7.48.